The Morgan fingerprint density at radius 1 is 1.10 bits per heavy atom. The molecule has 1 aliphatic heterocycles. The van der Waals surface area contributed by atoms with Crippen LogP contribution in [0, 0.1) is 6.92 Å². The van der Waals surface area contributed by atoms with Gasteiger partial charge in [-0.1, -0.05) is 29.8 Å². The SMILES string of the molecule is COCCC(=O)N(Cc1ccc(C)cc1)C1C=C(C(=O)NCCO)C2c3cc(CO)cc(OC)c3OC2C1O. The van der Waals surface area contributed by atoms with Gasteiger partial charge in [0.25, 0.3) is 0 Å². The molecular formula is C29H36N2O8. The number of nitrogens with one attached hydrogen (secondary N) is 1. The zero-order chi connectivity index (χ0) is 28.1. The number of ether oxygens (including phenoxy) is 3. The van der Waals surface area contributed by atoms with Gasteiger partial charge in [-0.2, -0.15) is 0 Å². The van der Waals surface area contributed by atoms with Crippen molar-refractivity contribution in [2.24, 2.45) is 0 Å². The molecule has 2 amide bonds. The quantitative estimate of drug-likeness (QED) is 0.334. The Hall–Kier alpha value is -3.44. The first-order chi connectivity index (χ1) is 18.8. The van der Waals surface area contributed by atoms with E-state index in [9.17, 15) is 24.9 Å². The van der Waals surface area contributed by atoms with Gasteiger partial charge >= 0.3 is 0 Å². The summed E-state index contributed by atoms with van der Waals surface area (Å²) < 4.78 is 16.9. The summed E-state index contributed by atoms with van der Waals surface area (Å²) in [6.07, 6.45) is -0.373. The maximum absolute atomic E-state index is 13.4. The van der Waals surface area contributed by atoms with E-state index < -0.39 is 30.1 Å². The molecule has 10 heteroatoms. The molecule has 0 spiro atoms. The minimum Gasteiger partial charge on any atom is -0.493 e. The summed E-state index contributed by atoms with van der Waals surface area (Å²) in [5.74, 6) is -0.624. The molecule has 10 nitrogen and oxygen atoms in total. The van der Waals surface area contributed by atoms with Crippen LogP contribution in [0.2, 0.25) is 0 Å². The number of aryl methyl sites for hydroxylation is 1. The van der Waals surface area contributed by atoms with Crippen molar-refractivity contribution in [3.8, 4) is 11.5 Å². The molecule has 0 bridgehead atoms. The molecule has 0 radical (unpaired) electrons. The molecule has 0 aromatic heterocycles. The second-order valence-electron chi connectivity index (χ2n) is 9.77. The van der Waals surface area contributed by atoms with Crippen molar-refractivity contribution < 1.29 is 39.1 Å². The molecule has 2 aromatic carbocycles. The van der Waals surface area contributed by atoms with Gasteiger partial charge in [0.2, 0.25) is 11.8 Å². The van der Waals surface area contributed by atoms with E-state index in [1.807, 2.05) is 31.2 Å². The first-order valence-electron chi connectivity index (χ1n) is 12.9. The van der Waals surface area contributed by atoms with E-state index in [4.69, 9.17) is 14.2 Å². The standard InChI is InChI=1S/C29H36N2O8/c1-17-4-6-18(7-5-17)15-31(24(34)8-11-37-2)22-14-21(29(36)30-9-10-32)25-20-12-19(16-33)13-23(38-3)27(20)39-28(25)26(22)35/h4-7,12-14,22,25-26,28,32-33,35H,8-11,15-16H2,1-3H3,(H,30,36). The Balaban J connectivity index is 1.80. The highest BCUT2D eigenvalue weighted by molar-refractivity contribution is 5.96. The number of aliphatic hydroxyl groups is 3. The molecule has 39 heavy (non-hydrogen) atoms. The highest BCUT2D eigenvalue weighted by Gasteiger charge is 2.51. The van der Waals surface area contributed by atoms with Gasteiger partial charge < -0.3 is 39.7 Å². The lowest BCUT2D eigenvalue weighted by Gasteiger charge is -2.40. The van der Waals surface area contributed by atoms with Crippen molar-refractivity contribution in [2.75, 3.05) is 34.0 Å². The van der Waals surface area contributed by atoms with E-state index in [-0.39, 0.29) is 45.2 Å². The van der Waals surface area contributed by atoms with Crippen molar-refractivity contribution in [2.45, 2.75) is 50.7 Å². The number of rotatable bonds is 11. The Morgan fingerprint density at radius 3 is 2.49 bits per heavy atom. The number of amides is 2. The number of methoxy groups -OCH3 is 2. The Bertz CT molecular complexity index is 1210. The van der Waals surface area contributed by atoms with Crippen molar-refractivity contribution in [1.82, 2.24) is 10.2 Å². The van der Waals surface area contributed by atoms with E-state index in [0.717, 1.165) is 11.1 Å². The largest absolute Gasteiger partial charge is 0.493 e. The van der Waals surface area contributed by atoms with Crippen molar-refractivity contribution in [3.05, 3.63) is 70.3 Å². The number of hydrogen-bond acceptors (Lipinski definition) is 8. The van der Waals surface area contributed by atoms with Gasteiger partial charge in [-0.25, -0.2) is 0 Å². The highest BCUT2D eigenvalue weighted by Crippen LogP contribution is 2.51. The van der Waals surface area contributed by atoms with Crippen LogP contribution >= 0.6 is 0 Å². The molecule has 4 unspecified atom stereocenters. The van der Waals surface area contributed by atoms with Crippen LogP contribution in [0.5, 0.6) is 11.5 Å². The molecule has 210 valence electrons. The lowest BCUT2D eigenvalue weighted by Crippen LogP contribution is -2.55. The minimum atomic E-state index is -1.18. The van der Waals surface area contributed by atoms with Crippen molar-refractivity contribution in [3.63, 3.8) is 0 Å². The number of carbonyl (C=O) groups is 2. The molecule has 1 heterocycles. The first-order valence-corrected chi connectivity index (χ1v) is 12.9. The van der Waals surface area contributed by atoms with Gasteiger partial charge in [-0.3, -0.25) is 9.59 Å². The summed E-state index contributed by atoms with van der Waals surface area (Å²) in [6.45, 7) is 1.92. The fraction of sp³-hybridized carbons (Fsp3) is 0.448. The van der Waals surface area contributed by atoms with E-state index >= 15 is 0 Å². The average Bonchev–Trinajstić information content (AvgIpc) is 3.34. The maximum Gasteiger partial charge on any atom is 0.247 e. The molecule has 0 saturated carbocycles. The molecule has 2 aliphatic rings. The van der Waals surface area contributed by atoms with Crippen LogP contribution in [-0.4, -0.2) is 84.3 Å². The van der Waals surface area contributed by atoms with Gasteiger partial charge in [0.05, 0.1) is 45.3 Å². The molecule has 4 atom stereocenters. The van der Waals surface area contributed by atoms with Crippen molar-refractivity contribution in [1.29, 1.82) is 0 Å². The third kappa shape index (κ3) is 5.94. The van der Waals surface area contributed by atoms with Crippen LogP contribution in [0.15, 0.2) is 48.0 Å². The molecule has 0 saturated heterocycles. The fourth-order valence-corrected chi connectivity index (χ4v) is 5.20. The summed E-state index contributed by atoms with van der Waals surface area (Å²) in [5.41, 5.74) is 3.41. The molecule has 2 aromatic rings. The van der Waals surface area contributed by atoms with E-state index in [2.05, 4.69) is 5.32 Å². The number of hydrogen-bond donors (Lipinski definition) is 4. The topological polar surface area (TPSA) is 138 Å². The Kier molecular flexibility index (Phi) is 9.24. The van der Waals surface area contributed by atoms with Gasteiger partial charge in [0.15, 0.2) is 11.5 Å². The van der Waals surface area contributed by atoms with Gasteiger partial charge in [0, 0.05) is 31.3 Å². The van der Waals surface area contributed by atoms with E-state index in [0.29, 0.717) is 28.2 Å². The van der Waals surface area contributed by atoms with Gasteiger partial charge in [-0.05, 0) is 36.3 Å². The average molecular weight is 541 g/mol. The predicted octanol–water partition coefficient (Wildman–Crippen LogP) is 1.18. The fourth-order valence-electron chi connectivity index (χ4n) is 5.20. The predicted molar refractivity (Wildman–Crippen MR) is 142 cm³/mol. The summed E-state index contributed by atoms with van der Waals surface area (Å²) in [5, 5.41) is 33.5. The van der Waals surface area contributed by atoms with E-state index in [1.54, 1.807) is 23.1 Å². The zero-order valence-corrected chi connectivity index (χ0v) is 22.4. The normalized spacial score (nSPS) is 21.3. The summed E-state index contributed by atoms with van der Waals surface area (Å²) in [6, 6.07) is 10.2. The van der Waals surface area contributed by atoms with Crippen LogP contribution in [-0.2, 0) is 27.5 Å². The smallest absolute Gasteiger partial charge is 0.247 e. The lowest BCUT2D eigenvalue weighted by molar-refractivity contribution is -0.139. The minimum absolute atomic E-state index is 0.0361. The molecular weight excluding hydrogens is 504 g/mol. The number of benzene rings is 2. The number of carbonyl (C=O) groups excluding carboxylic acids is 2. The zero-order valence-electron chi connectivity index (χ0n) is 22.4. The van der Waals surface area contributed by atoms with E-state index in [1.165, 1.54) is 14.2 Å². The summed E-state index contributed by atoms with van der Waals surface area (Å²) in [7, 11) is 2.99. The second kappa shape index (κ2) is 12.6. The molecule has 1 aliphatic carbocycles. The lowest BCUT2D eigenvalue weighted by atomic mass is 9.77. The number of nitrogens with zero attached hydrogens (tertiary/aromatic N) is 1. The van der Waals surface area contributed by atoms with Gasteiger partial charge in [0.1, 0.15) is 12.2 Å². The summed E-state index contributed by atoms with van der Waals surface area (Å²) >= 11 is 0. The van der Waals surface area contributed by atoms with Crippen LogP contribution in [0.4, 0.5) is 0 Å². The second-order valence-corrected chi connectivity index (χ2v) is 9.77. The van der Waals surface area contributed by atoms with Crippen molar-refractivity contribution >= 4 is 11.8 Å². The first kappa shape index (κ1) is 28.6. The highest BCUT2D eigenvalue weighted by atomic mass is 16.5. The molecule has 4 N–H and O–H groups in total. The molecule has 4 rings (SSSR count). The maximum atomic E-state index is 13.4. The Labute approximate surface area is 227 Å². The number of fused-ring (bicyclic) bond motifs is 3. The van der Waals surface area contributed by atoms with Gasteiger partial charge in [-0.15, -0.1) is 0 Å². The van der Waals surface area contributed by atoms with Crippen LogP contribution in [0.3, 0.4) is 0 Å². The third-order valence-corrected chi connectivity index (χ3v) is 7.17. The third-order valence-electron chi connectivity index (χ3n) is 7.17. The van der Waals surface area contributed by atoms with Crippen LogP contribution in [0.25, 0.3) is 0 Å². The van der Waals surface area contributed by atoms with Crippen LogP contribution < -0.4 is 14.8 Å². The Morgan fingerprint density at radius 2 is 1.85 bits per heavy atom. The molecule has 0 fully saturated rings. The monoisotopic (exact) mass is 540 g/mol. The van der Waals surface area contributed by atoms with Crippen LogP contribution in [0.1, 0.15) is 34.6 Å². The number of aliphatic hydroxyl groups excluding tert-OH is 3. The summed E-state index contributed by atoms with van der Waals surface area (Å²) in [4.78, 5) is 28.4.